The van der Waals surface area contributed by atoms with Crippen molar-refractivity contribution in [2.75, 3.05) is 13.7 Å². The van der Waals surface area contributed by atoms with Gasteiger partial charge >= 0.3 is 0 Å². The van der Waals surface area contributed by atoms with Gasteiger partial charge in [-0.2, -0.15) is 5.10 Å². The van der Waals surface area contributed by atoms with E-state index >= 15 is 0 Å². The number of hydrogen-bond acceptors (Lipinski definition) is 4. The average Bonchev–Trinajstić information content (AvgIpc) is 2.61. The number of nitrogens with one attached hydrogen (secondary N) is 1. The van der Waals surface area contributed by atoms with Gasteiger partial charge in [-0.25, -0.2) is 5.43 Å². The fourth-order valence-electron chi connectivity index (χ4n) is 1.86. The summed E-state index contributed by atoms with van der Waals surface area (Å²) in [5.74, 6) is 1.16. The Hall–Kier alpha value is -2.82. The van der Waals surface area contributed by atoms with Crippen LogP contribution in [0.25, 0.3) is 0 Å². The lowest BCUT2D eigenvalue weighted by atomic mass is 10.2. The van der Waals surface area contributed by atoms with Gasteiger partial charge < -0.3 is 9.47 Å². The maximum Gasteiger partial charge on any atom is 0.271 e. The first-order chi connectivity index (χ1) is 11.2. The van der Waals surface area contributed by atoms with E-state index in [1.54, 1.807) is 37.6 Å². The second-order valence-electron chi connectivity index (χ2n) is 4.85. The topological polar surface area (TPSA) is 59.9 Å². The number of amides is 1. The van der Waals surface area contributed by atoms with Crippen LogP contribution < -0.4 is 14.9 Å². The molecule has 0 fully saturated rings. The smallest absolute Gasteiger partial charge is 0.271 e. The minimum absolute atomic E-state index is 0.289. The number of hydrazone groups is 1. The SMILES string of the molecule is CCCOc1ccc(/C=N/NC(=O)c2cccc(OC)c2)cc1. The molecule has 0 radical (unpaired) electrons. The second-order valence-corrected chi connectivity index (χ2v) is 4.85. The molecule has 23 heavy (non-hydrogen) atoms. The van der Waals surface area contributed by atoms with Gasteiger partial charge in [0.25, 0.3) is 5.91 Å². The highest BCUT2D eigenvalue weighted by Crippen LogP contribution is 2.13. The molecule has 2 rings (SSSR count). The van der Waals surface area contributed by atoms with Crippen LogP contribution in [0, 0.1) is 0 Å². The van der Waals surface area contributed by atoms with Crippen molar-refractivity contribution in [3.8, 4) is 11.5 Å². The number of methoxy groups -OCH3 is 1. The van der Waals surface area contributed by atoms with Crippen LogP contribution in [0.5, 0.6) is 11.5 Å². The largest absolute Gasteiger partial charge is 0.497 e. The molecule has 1 amide bonds. The van der Waals surface area contributed by atoms with E-state index in [0.29, 0.717) is 17.9 Å². The lowest BCUT2D eigenvalue weighted by Crippen LogP contribution is -2.17. The molecule has 0 atom stereocenters. The summed E-state index contributed by atoms with van der Waals surface area (Å²) in [5.41, 5.74) is 3.86. The number of ether oxygens (including phenoxy) is 2. The van der Waals surface area contributed by atoms with Gasteiger partial charge in [0.2, 0.25) is 0 Å². The molecule has 0 unspecified atom stereocenters. The lowest BCUT2D eigenvalue weighted by molar-refractivity contribution is 0.0955. The lowest BCUT2D eigenvalue weighted by Gasteiger charge is -2.04. The Balaban J connectivity index is 1.91. The van der Waals surface area contributed by atoms with Crippen molar-refractivity contribution >= 4 is 12.1 Å². The van der Waals surface area contributed by atoms with Crippen molar-refractivity contribution < 1.29 is 14.3 Å². The van der Waals surface area contributed by atoms with E-state index in [4.69, 9.17) is 9.47 Å². The van der Waals surface area contributed by atoms with Crippen LogP contribution in [0.15, 0.2) is 53.6 Å². The fraction of sp³-hybridized carbons (Fsp3) is 0.222. The first kappa shape index (κ1) is 16.5. The van der Waals surface area contributed by atoms with Crippen molar-refractivity contribution in [2.24, 2.45) is 5.10 Å². The third-order valence-corrected chi connectivity index (χ3v) is 3.06. The number of benzene rings is 2. The minimum atomic E-state index is -0.289. The molecule has 1 N–H and O–H groups in total. The summed E-state index contributed by atoms with van der Waals surface area (Å²) in [7, 11) is 1.56. The van der Waals surface area contributed by atoms with Gasteiger partial charge in [-0.05, 0) is 54.4 Å². The number of rotatable bonds is 7. The van der Waals surface area contributed by atoms with Gasteiger partial charge in [0.15, 0.2) is 0 Å². The quantitative estimate of drug-likeness (QED) is 0.630. The molecule has 2 aromatic rings. The summed E-state index contributed by atoms with van der Waals surface area (Å²) < 4.78 is 10.6. The molecule has 0 bridgehead atoms. The number of nitrogens with zero attached hydrogens (tertiary/aromatic N) is 1. The molecule has 0 heterocycles. The van der Waals surface area contributed by atoms with Crippen LogP contribution in [0.3, 0.4) is 0 Å². The van der Waals surface area contributed by atoms with Gasteiger partial charge in [-0.3, -0.25) is 4.79 Å². The van der Waals surface area contributed by atoms with Gasteiger partial charge in [-0.15, -0.1) is 0 Å². The van der Waals surface area contributed by atoms with Crippen LogP contribution >= 0.6 is 0 Å². The Morgan fingerprint density at radius 1 is 1.17 bits per heavy atom. The Bertz CT molecular complexity index is 666. The summed E-state index contributed by atoms with van der Waals surface area (Å²) in [6, 6.07) is 14.4. The summed E-state index contributed by atoms with van der Waals surface area (Å²) >= 11 is 0. The normalized spacial score (nSPS) is 10.5. The minimum Gasteiger partial charge on any atom is -0.497 e. The third kappa shape index (κ3) is 5.14. The second kappa shape index (κ2) is 8.58. The first-order valence-corrected chi connectivity index (χ1v) is 7.43. The van der Waals surface area contributed by atoms with E-state index in [1.165, 1.54) is 0 Å². The van der Waals surface area contributed by atoms with Crippen molar-refractivity contribution in [2.45, 2.75) is 13.3 Å². The summed E-state index contributed by atoms with van der Waals surface area (Å²) in [6.07, 6.45) is 2.56. The Kier molecular flexibility index (Phi) is 6.17. The zero-order chi connectivity index (χ0) is 16.5. The molecule has 0 saturated carbocycles. The van der Waals surface area contributed by atoms with E-state index in [-0.39, 0.29) is 5.91 Å². The number of hydrogen-bond donors (Lipinski definition) is 1. The van der Waals surface area contributed by atoms with E-state index in [2.05, 4.69) is 17.5 Å². The van der Waals surface area contributed by atoms with Crippen LogP contribution in [-0.2, 0) is 0 Å². The standard InChI is InChI=1S/C18H20N2O3/c1-3-11-23-16-9-7-14(8-10-16)13-19-20-18(21)15-5-4-6-17(12-15)22-2/h4-10,12-13H,3,11H2,1-2H3,(H,20,21)/b19-13+. The van der Waals surface area contributed by atoms with Crippen molar-refractivity contribution in [3.63, 3.8) is 0 Å². The summed E-state index contributed by atoms with van der Waals surface area (Å²) in [5, 5.41) is 3.96. The molecule has 0 spiro atoms. The van der Waals surface area contributed by atoms with Gasteiger partial charge in [-0.1, -0.05) is 13.0 Å². The van der Waals surface area contributed by atoms with Crippen molar-refractivity contribution in [3.05, 3.63) is 59.7 Å². The van der Waals surface area contributed by atoms with E-state index in [0.717, 1.165) is 17.7 Å². The predicted octanol–water partition coefficient (Wildman–Crippen LogP) is 3.25. The van der Waals surface area contributed by atoms with E-state index in [1.807, 2.05) is 24.3 Å². The molecule has 5 nitrogen and oxygen atoms in total. The monoisotopic (exact) mass is 312 g/mol. The molecule has 120 valence electrons. The Morgan fingerprint density at radius 2 is 1.96 bits per heavy atom. The molecule has 2 aromatic carbocycles. The molecule has 0 aliphatic rings. The maximum atomic E-state index is 12.0. The zero-order valence-corrected chi connectivity index (χ0v) is 13.3. The molecule has 0 aliphatic carbocycles. The van der Waals surface area contributed by atoms with Crippen LogP contribution in [0.1, 0.15) is 29.3 Å². The highest BCUT2D eigenvalue weighted by molar-refractivity contribution is 5.95. The highest BCUT2D eigenvalue weighted by atomic mass is 16.5. The molecule has 5 heteroatoms. The fourth-order valence-corrected chi connectivity index (χ4v) is 1.86. The first-order valence-electron chi connectivity index (χ1n) is 7.43. The van der Waals surface area contributed by atoms with Gasteiger partial charge in [0, 0.05) is 5.56 Å². The summed E-state index contributed by atoms with van der Waals surface area (Å²) in [4.78, 5) is 12.0. The van der Waals surface area contributed by atoms with Crippen LogP contribution in [0.4, 0.5) is 0 Å². The third-order valence-electron chi connectivity index (χ3n) is 3.06. The Labute approximate surface area is 135 Å². The Morgan fingerprint density at radius 3 is 2.65 bits per heavy atom. The van der Waals surface area contributed by atoms with Gasteiger partial charge in [0.1, 0.15) is 11.5 Å². The van der Waals surface area contributed by atoms with Crippen LogP contribution in [-0.4, -0.2) is 25.8 Å². The molecule has 0 saturated heterocycles. The van der Waals surface area contributed by atoms with Crippen molar-refractivity contribution in [1.29, 1.82) is 0 Å². The number of carbonyl (C=O) groups is 1. The predicted molar refractivity (Wildman–Crippen MR) is 90.3 cm³/mol. The van der Waals surface area contributed by atoms with E-state index in [9.17, 15) is 4.79 Å². The van der Waals surface area contributed by atoms with Crippen molar-refractivity contribution in [1.82, 2.24) is 5.43 Å². The zero-order valence-electron chi connectivity index (χ0n) is 13.3. The summed E-state index contributed by atoms with van der Waals surface area (Å²) in [6.45, 7) is 2.76. The van der Waals surface area contributed by atoms with Crippen LogP contribution in [0.2, 0.25) is 0 Å². The average molecular weight is 312 g/mol. The number of carbonyl (C=O) groups excluding carboxylic acids is 1. The van der Waals surface area contributed by atoms with Gasteiger partial charge in [0.05, 0.1) is 19.9 Å². The molecule has 0 aromatic heterocycles. The molecular weight excluding hydrogens is 292 g/mol. The maximum absolute atomic E-state index is 12.0. The molecular formula is C18H20N2O3. The van der Waals surface area contributed by atoms with E-state index < -0.39 is 0 Å². The highest BCUT2D eigenvalue weighted by Gasteiger charge is 2.04. The molecule has 0 aliphatic heterocycles.